The second kappa shape index (κ2) is 6.60. The van der Waals surface area contributed by atoms with Crippen LogP contribution in [-0.2, 0) is 10.0 Å². The topological polar surface area (TPSA) is 66.4 Å². The lowest BCUT2D eigenvalue weighted by molar-refractivity contribution is 0.305. The molecule has 2 N–H and O–H groups in total. The number of aliphatic hydroxyl groups excluding tert-OH is 1. The Morgan fingerprint density at radius 2 is 2.05 bits per heavy atom. The lowest BCUT2D eigenvalue weighted by Gasteiger charge is -2.13. The molecule has 0 spiro atoms. The highest BCUT2D eigenvalue weighted by Crippen LogP contribution is 2.18. The largest absolute Gasteiger partial charge is 0.395 e. The van der Waals surface area contributed by atoms with Crippen molar-refractivity contribution in [2.24, 2.45) is 0 Å². The van der Waals surface area contributed by atoms with Crippen LogP contribution in [0.1, 0.15) is 31.4 Å². The standard InChI is InChI=1S/C14H19NO3S/c1-11(2)19(17,18)15-14-8-7-13(10-12(14)3)6-4-5-9-16/h7-8,10-11,15-16H,5,9H2,1-3H3. The predicted molar refractivity (Wildman–Crippen MR) is 77.4 cm³/mol. The van der Waals surface area contributed by atoms with Gasteiger partial charge < -0.3 is 5.11 Å². The van der Waals surface area contributed by atoms with Crippen molar-refractivity contribution in [3.8, 4) is 11.8 Å². The zero-order valence-corrected chi connectivity index (χ0v) is 12.2. The molecule has 1 aromatic carbocycles. The number of rotatable bonds is 4. The normalized spacial score (nSPS) is 11.0. The van der Waals surface area contributed by atoms with E-state index in [0.29, 0.717) is 12.1 Å². The third kappa shape index (κ3) is 4.58. The van der Waals surface area contributed by atoms with Gasteiger partial charge in [0.1, 0.15) is 0 Å². The lowest BCUT2D eigenvalue weighted by Crippen LogP contribution is -2.22. The van der Waals surface area contributed by atoms with E-state index in [1.54, 1.807) is 26.0 Å². The van der Waals surface area contributed by atoms with Gasteiger partial charge in [-0.3, -0.25) is 4.72 Å². The fourth-order valence-electron chi connectivity index (χ4n) is 1.35. The summed E-state index contributed by atoms with van der Waals surface area (Å²) in [5.41, 5.74) is 2.19. The fourth-order valence-corrected chi connectivity index (χ4v) is 2.12. The van der Waals surface area contributed by atoms with Crippen LogP contribution in [0.25, 0.3) is 0 Å². The summed E-state index contributed by atoms with van der Waals surface area (Å²) in [4.78, 5) is 0. The minimum absolute atomic E-state index is 0.0399. The summed E-state index contributed by atoms with van der Waals surface area (Å²) < 4.78 is 26.1. The first-order valence-corrected chi connectivity index (χ1v) is 7.63. The smallest absolute Gasteiger partial charge is 0.235 e. The molecule has 0 aliphatic heterocycles. The van der Waals surface area contributed by atoms with E-state index in [2.05, 4.69) is 16.6 Å². The van der Waals surface area contributed by atoms with Crippen LogP contribution in [0.4, 0.5) is 5.69 Å². The highest BCUT2D eigenvalue weighted by Gasteiger charge is 2.16. The number of benzene rings is 1. The van der Waals surface area contributed by atoms with E-state index >= 15 is 0 Å². The fraction of sp³-hybridized carbons (Fsp3) is 0.429. The van der Waals surface area contributed by atoms with E-state index in [9.17, 15) is 8.42 Å². The van der Waals surface area contributed by atoms with Crippen molar-refractivity contribution < 1.29 is 13.5 Å². The summed E-state index contributed by atoms with van der Waals surface area (Å²) >= 11 is 0. The minimum Gasteiger partial charge on any atom is -0.395 e. The van der Waals surface area contributed by atoms with Crippen molar-refractivity contribution in [1.82, 2.24) is 0 Å². The molecule has 0 aromatic heterocycles. The Balaban J connectivity index is 2.94. The molecular formula is C14H19NO3S. The van der Waals surface area contributed by atoms with Crippen molar-refractivity contribution in [2.75, 3.05) is 11.3 Å². The number of aliphatic hydroxyl groups is 1. The Morgan fingerprint density at radius 3 is 2.58 bits per heavy atom. The molecule has 1 rings (SSSR count). The van der Waals surface area contributed by atoms with Crippen LogP contribution in [0, 0.1) is 18.8 Å². The van der Waals surface area contributed by atoms with Gasteiger partial charge in [-0.05, 0) is 44.5 Å². The van der Waals surface area contributed by atoms with Gasteiger partial charge in [0.15, 0.2) is 0 Å². The van der Waals surface area contributed by atoms with Crippen molar-refractivity contribution >= 4 is 15.7 Å². The van der Waals surface area contributed by atoms with Crippen LogP contribution in [0.15, 0.2) is 18.2 Å². The number of hydrogen-bond donors (Lipinski definition) is 2. The van der Waals surface area contributed by atoms with E-state index in [0.717, 1.165) is 11.1 Å². The van der Waals surface area contributed by atoms with Crippen LogP contribution in [0.3, 0.4) is 0 Å². The average molecular weight is 281 g/mol. The van der Waals surface area contributed by atoms with Crippen LogP contribution in [0.5, 0.6) is 0 Å². The Kier molecular flexibility index (Phi) is 5.40. The molecule has 4 nitrogen and oxygen atoms in total. The van der Waals surface area contributed by atoms with Gasteiger partial charge in [-0.15, -0.1) is 0 Å². The quantitative estimate of drug-likeness (QED) is 0.828. The lowest BCUT2D eigenvalue weighted by atomic mass is 10.1. The van der Waals surface area contributed by atoms with Gasteiger partial charge in [-0.2, -0.15) is 0 Å². The first-order chi connectivity index (χ1) is 8.86. The molecule has 5 heteroatoms. The highest BCUT2D eigenvalue weighted by atomic mass is 32.2. The molecule has 0 bridgehead atoms. The van der Waals surface area contributed by atoms with Crippen molar-refractivity contribution in [2.45, 2.75) is 32.4 Å². The monoisotopic (exact) mass is 281 g/mol. The predicted octanol–water partition coefficient (Wildman–Crippen LogP) is 1.88. The first kappa shape index (κ1) is 15.5. The van der Waals surface area contributed by atoms with E-state index < -0.39 is 15.3 Å². The minimum atomic E-state index is -3.33. The average Bonchev–Trinajstić information content (AvgIpc) is 2.32. The van der Waals surface area contributed by atoms with Gasteiger partial charge >= 0.3 is 0 Å². The highest BCUT2D eigenvalue weighted by molar-refractivity contribution is 7.93. The Hall–Kier alpha value is -1.51. The molecule has 0 radical (unpaired) electrons. The van der Waals surface area contributed by atoms with E-state index in [4.69, 9.17) is 5.11 Å². The van der Waals surface area contributed by atoms with Gasteiger partial charge in [0.2, 0.25) is 10.0 Å². The summed E-state index contributed by atoms with van der Waals surface area (Å²) in [5.74, 6) is 5.74. The Bertz CT molecular complexity index is 595. The van der Waals surface area contributed by atoms with Crippen LogP contribution in [0.2, 0.25) is 0 Å². The second-order valence-corrected chi connectivity index (χ2v) is 6.74. The maximum absolute atomic E-state index is 11.8. The third-order valence-electron chi connectivity index (χ3n) is 2.57. The maximum atomic E-state index is 11.8. The second-order valence-electron chi connectivity index (χ2n) is 4.50. The number of anilines is 1. The van der Waals surface area contributed by atoms with Crippen LogP contribution in [-0.4, -0.2) is 25.4 Å². The first-order valence-electron chi connectivity index (χ1n) is 6.09. The SMILES string of the molecule is Cc1cc(C#CCCO)ccc1NS(=O)(=O)C(C)C. The third-order valence-corrected chi connectivity index (χ3v) is 4.31. The molecule has 0 aliphatic carbocycles. The zero-order chi connectivity index (χ0) is 14.5. The number of sulfonamides is 1. The molecule has 19 heavy (non-hydrogen) atoms. The molecule has 0 heterocycles. The van der Waals surface area contributed by atoms with Gasteiger partial charge in [-0.1, -0.05) is 11.8 Å². The van der Waals surface area contributed by atoms with Gasteiger partial charge in [0.05, 0.1) is 17.5 Å². The molecule has 0 amide bonds. The summed E-state index contributed by atoms with van der Waals surface area (Å²) in [5, 5.41) is 8.17. The number of nitrogens with one attached hydrogen (secondary N) is 1. The number of hydrogen-bond acceptors (Lipinski definition) is 3. The van der Waals surface area contributed by atoms with Crippen LogP contribution >= 0.6 is 0 Å². The Morgan fingerprint density at radius 1 is 1.37 bits per heavy atom. The molecule has 0 saturated heterocycles. The molecule has 0 atom stereocenters. The van der Waals surface area contributed by atoms with Crippen molar-refractivity contribution in [3.63, 3.8) is 0 Å². The molecule has 0 unspecified atom stereocenters. The van der Waals surface area contributed by atoms with E-state index in [1.165, 1.54) is 0 Å². The summed E-state index contributed by atoms with van der Waals surface area (Å²) in [6.45, 7) is 5.13. The molecule has 0 aliphatic rings. The van der Waals surface area contributed by atoms with Gasteiger partial charge in [0, 0.05) is 12.0 Å². The molecule has 0 fully saturated rings. The van der Waals surface area contributed by atoms with E-state index in [1.807, 2.05) is 13.0 Å². The molecular weight excluding hydrogens is 262 g/mol. The molecule has 1 aromatic rings. The summed E-state index contributed by atoms with van der Waals surface area (Å²) in [6.07, 6.45) is 0.431. The summed E-state index contributed by atoms with van der Waals surface area (Å²) in [6, 6.07) is 5.29. The summed E-state index contributed by atoms with van der Waals surface area (Å²) in [7, 11) is -3.33. The zero-order valence-electron chi connectivity index (χ0n) is 11.4. The maximum Gasteiger partial charge on any atom is 0.235 e. The van der Waals surface area contributed by atoms with Crippen molar-refractivity contribution in [3.05, 3.63) is 29.3 Å². The van der Waals surface area contributed by atoms with Gasteiger partial charge in [0.25, 0.3) is 0 Å². The Labute approximate surface area is 114 Å². The molecule has 104 valence electrons. The number of aryl methyl sites for hydroxylation is 1. The molecule has 0 saturated carbocycles. The van der Waals surface area contributed by atoms with E-state index in [-0.39, 0.29) is 6.61 Å². The van der Waals surface area contributed by atoms with Gasteiger partial charge in [-0.25, -0.2) is 8.42 Å². The van der Waals surface area contributed by atoms with Crippen LogP contribution < -0.4 is 4.72 Å². The van der Waals surface area contributed by atoms with Crippen molar-refractivity contribution in [1.29, 1.82) is 0 Å².